The molecule has 0 spiro atoms. The summed E-state index contributed by atoms with van der Waals surface area (Å²) in [5, 5.41) is 3.39. The van der Waals surface area contributed by atoms with Crippen molar-refractivity contribution < 1.29 is 14.3 Å². The third kappa shape index (κ3) is 5.32. The SMILES string of the molecule is COc1ccc(OCC2CC(C(=O)NCc3cccc(C)n3)NN2)c(Cl)c1. The zero-order valence-electron chi connectivity index (χ0n) is 15.3. The highest BCUT2D eigenvalue weighted by atomic mass is 35.5. The van der Waals surface area contributed by atoms with Crippen molar-refractivity contribution in [2.24, 2.45) is 0 Å². The van der Waals surface area contributed by atoms with Gasteiger partial charge in [-0.15, -0.1) is 0 Å². The van der Waals surface area contributed by atoms with Gasteiger partial charge in [-0.05, 0) is 37.6 Å². The Hall–Kier alpha value is -2.35. The van der Waals surface area contributed by atoms with Crippen molar-refractivity contribution in [3.05, 3.63) is 52.8 Å². The molecule has 2 unspecified atom stereocenters. The van der Waals surface area contributed by atoms with Crippen LogP contribution in [0.15, 0.2) is 36.4 Å². The number of amides is 1. The minimum Gasteiger partial charge on any atom is -0.497 e. The number of nitrogens with zero attached hydrogens (tertiary/aromatic N) is 1. The van der Waals surface area contributed by atoms with E-state index in [0.717, 1.165) is 11.4 Å². The maximum atomic E-state index is 12.3. The second kappa shape index (κ2) is 9.03. The molecule has 2 atom stereocenters. The van der Waals surface area contributed by atoms with Gasteiger partial charge in [-0.3, -0.25) is 15.2 Å². The third-order valence-electron chi connectivity index (χ3n) is 4.27. The van der Waals surface area contributed by atoms with E-state index in [9.17, 15) is 4.79 Å². The second-order valence-electron chi connectivity index (χ2n) is 6.37. The summed E-state index contributed by atoms with van der Waals surface area (Å²) in [7, 11) is 1.58. The number of hydrazine groups is 1. The van der Waals surface area contributed by atoms with Gasteiger partial charge in [-0.25, -0.2) is 5.43 Å². The lowest BCUT2D eigenvalue weighted by Gasteiger charge is -2.13. The molecule has 1 fully saturated rings. The number of aromatic nitrogens is 1. The van der Waals surface area contributed by atoms with Gasteiger partial charge in [0, 0.05) is 11.8 Å². The van der Waals surface area contributed by atoms with E-state index in [0.29, 0.717) is 36.1 Å². The third-order valence-corrected chi connectivity index (χ3v) is 4.56. The molecule has 1 aromatic carbocycles. The number of pyridine rings is 1. The van der Waals surface area contributed by atoms with Gasteiger partial charge in [0.1, 0.15) is 24.1 Å². The number of aryl methyl sites for hydroxylation is 1. The van der Waals surface area contributed by atoms with Crippen molar-refractivity contribution in [1.82, 2.24) is 21.2 Å². The fraction of sp³-hybridized carbons (Fsp3) is 0.368. The van der Waals surface area contributed by atoms with Crippen molar-refractivity contribution in [3.8, 4) is 11.5 Å². The Bertz CT molecular complexity index is 802. The van der Waals surface area contributed by atoms with Crippen LogP contribution in [-0.4, -0.2) is 36.7 Å². The lowest BCUT2D eigenvalue weighted by Crippen LogP contribution is -2.43. The first-order valence-corrected chi connectivity index (χ1v) is 9.10. The minimum atomic E-state index is -0.324. The van der Waals surface area contributed by atoms with Crippen LogP contribution in [0.4, 0.5) is 0 Å². The number of rotatable bonds is 7. The number of hydrogen-bond donors (Lipinski definition) is 3. The number of carbonyl (C=O) groups is 1. The topological polar surface area (TPSA) is 84.5 Å². The summed E-state index contributed by atoms with van der Waals surface area (Å²) in [4.78, 5) is 16.7. The maximum Gasteiger partial charge on any atom is 0.238 e. The van der Waals surface area contributed by atoms with Gasteiger partial charge in [-0.2, -0.15) is 0 Å². The molecular weight excluding hydrogens is 368 g/mol. The van der Waals surface area contributed by atoms with Gasteiger partial charge in [0.15, 0.2) is 0 Å². The first kappa shape index (κ1) is 19.4. The summed E-state index contributed by atoms with van der Waals surface area (Å²) in [5.41, 5.74) is 7.86. The number of methoxy groups -OCH3 is 1. The summed E-state index contributed by atoms with van der Waals surface area (Å²) in [6.07, 6.45) is 0.612. The molecule has 0 aliphatic carbocycles. The molecular formula is C19H23ClN4O3. The Morgan fingerprint density at radius 1 is 1.33 bits per heavy atom. The fourth-order valence-electron chi connectivity index (χ4n) is 2.82. The summed E-state index contributed by atoms with van der Waals surface area (Å²) in [5.74, 6) is 1.18. The zero-order chi connectivity index (χ0) is 19.2. The standard InChI is InChI=1S/C19H23ClN4O3/c1-12-4-3-5-13(22-12)10-21-19(25)17-8-14(23-24-17)11-27-18-7-6-15(26-2)9-16(18)20/h3-7,9,14,17,23-24H,8,10-11H2,1-2H3,(H,21,25). The molecule has 8 heteroatoms. The summed E-state index contributed by atoms with van der Waals surface area (Å²) >= 11 is 6.17. The first-order valence-electron chi connectivity index (χ1n) is 8.73. The van der Waals surface area contributed by atoms with Gasteiger partial charge < -0.3 is 14.8 Å². The van der Waals surface area contributed by atoms with E-state index in [1.165, 1.54) is 0 Å². The molecule has 1 aliphatic rings. The predicted molar refractivity (Wildman–Crippen MR) is 103 cm³/mol. The molecule has 7 nitrogen and oxygen atoms in total. The van der Waals surface area contributed by atoms with Gasteiger partial charge in [0.2, 0.25) is 5.91 Å². The van der Waals surface area contributed by atoms with Crippen LogP contribution in [0.2, 0.25) is 5.02 Å². The zero-order valence-corrected chi connectivity index (χ0v) is 16.0. The quantitative estimate of drug-likeness (QED) is 0.670. The number of ether oxygens (including phenoxy) is 2. The Labute approximate surface area is 163 Å². The largest absolute Gasteiger partial charge is 0.497 e. The summed E-state index contributed by atoms with van der Waals surface area (Å²) < 4.78 is 10.9. The Morgan fingerprint density at radius 2 is 2.19 bits per heavy atom. The van der Waals surface area contributed by atoms with Crippen molar-refractivity contribution in [2.75, 3.05) is 13.7 Å². The average molecular weight is 391 g/mol. The highest BCUT2D eigenvalue weighted by molar-refractivity contribution is 6.32. The van der Waals surface area contributed by atoms with Crippen molar-refractivity contribution in [1.29, 1.82) is 0 Å². The molecule has 144 valence electrons. The van der Waals surface area contributed by atoms with E-state index in [-0.39, 0.29) is 18.0 Å². The normalized spacial score (nSPS) is 18.9. The van der Waals surface area contributed by atoms with E-state index < -0.39 is 0 Å². The lowest BCUT2D eigenvalue weighted by atomic mass is 10.1. The average Bonchev–Trinajstić information content (AvgIpc) is 3.14. The molecule has 2 heterocycles. The molecule has 0 radical (unpaired) electrons. The van der Waals surface area contributed by atoms with Crippen LogP contribution in [-0.2, 0) is 11.3 Å². The number of benzene rings is 1. The number of hydrogen-bond acceptors (Lipinski definition) is 6. The lowest BCUT2D eigenvalue weighted by molar-refractivity contribution is -0.123. The van der Waals surface area contributed by atoms with Crippen LogP contribution in [0.5, 0.6) is 11.5 Å². The fourth-order valence-corrected chi connectivity index (χ4v) is 3.04. The molecule has 27 heavy (non-hydrogen) atoms. The van der Waals surface area contributed by atoms with E-state index in [4.69, 9.17) is 21.1 Å². The van der Waals surface area contributed by atoms with Gasteiger partial charge in [-0.1, -0.05) is 17.7 Å². The van der Waals surface area contributed by atoms with E-state index in [1.54, 1.807) is 25.3 Å². The highest BCUT2D eigenvalue weighted by Crippen LogP contribution is 2.28. The van der Waals surface area contributed by atoms with Crippen LogP contribution < -0.4 is 25.6 Å². The molecule has 2 aromatic rings. The van der Waals surface area contributed by atoms with Crippen LogP contribution in [0.1, 0.15) is 17.8 Å². The molecule has 1 aromatic heterocycles. The minimum absolute atomic E-state index is 0.00369. The number of nitrogens with one attached hydrogen (secondary N) is 3. The molecule has 1 saturated heterocycles. The first-order chi connectivity index (χ1) is 13.0. The van der Waals surface area contributed by atoms with Crippen molar-refractivity contribution in [3.63, 3.8) is 0 Å². The molecule has 0 saturated carbocycles. The van der Waals surface area contributed by atoms with Crippen LogP contribution >= 0.6 is 11.6 Å². The molecule has 3 N–H and O–H groups in total. The van der Waals surface area contributed by atoms with Crippen LogP contribution in [0.25, 0.3) is 0 Å². The Morgan fingerprint density at radius 3 is 2.93 bits per heavy atom. The van der Waals surface area contributed by atoms with E-state index in [2.05, 4.69) is 21.2 Å². The highest BCUT2D eigenvalue weighted by Gasteiger charge is 2.29. The summed E-state index contributed by atoms with van der Waals surface area (Å²) in [6.45, 7) is 2.72. The molecule has 0 bridgehead atoms. The van der Waals surface area contributed by atoms with E-state index in [1.807, 2.05) is 25.1 Å². The second-order valence-corrected chi connectivity index (χ2v) is 6.78. The van der Waals surface area contributed by atoms with Crippen molar-refractivity contribution >= 4 is 17.5 Å². The maximum absolute atomic E-state index is 12.3. The monoisotopic (exact) mass is 390 g/mol. The molecule has 1 amide bonds. The predicted octanol–water partition coefficient (Wildman–Crippen LogP) is 1.98. The molecule has 1 aliphatic heterocycles. The number of halogens is 1. The Balaban J connectivity index is 1.44. The van der Waals surface area contributed by atoms with E-state index >= 15 is 0 Å². The van der Waals surface area contributed by atoms with Crippen molar-refractivity contribution in [2.45, 2.75) is 32.0 Å². The molecule has 3 rings (SSSR count). The van der Waals surface area contributed by atoms with Gasteiger partial charge in [0.25, 0.3) is 0 Å². The van der Waals surface area contributed by atoms with Gasteiger partial charge >= 0.3 is 0 Å². The Kier molecular flexibility index (Phi) is 6.49. The summed E-state index contributed by atoms with van der Waals surface area (Å²) in [6, 6.07) is 10.7. The smallest absolute Gasteiger partial charge is 0.238 e. The number of carbonyl (C=O) groups excluding carboxylic acids is 1. The van der Waals surface area contributed by atoms with Crippen LogP contribution in [0, 0.1) is 6.92 Å². The van der Waals surface area contributed by atoms with Crippen LogP contribution in [0.3, 0.4) is 0 Å². The van der Waals surface area contributed by atoms with Gasteiger partial charge in [0.05, 0.1) is 30.4 Å².